The Labute approximate surface area is 320 Å². The number of aromatic nitrogens is 2. The predicted octanol–water partition coefficient (Wildman–Crippen LogP) is 12.8. The van der Waals surface area contributed by atoms with Crippen molar-refractivity contribution >= 4 is 10.9 Å². The minimum absolute atomic E-state index is 0.501. The Kier molecular flexibility index (Phi) is 6.99. The van der Waals surface area contributed by atoms with Crippen molar-refractivity contribution in [3.63, 3.8) is 0 Å². The van der Waals surface area contributed by atoms with E-state index in [1.165, 1.54) is 50.1 Å². The highest BCUT2D eigenvalue weighted by molar-refractivity contribution is 5.94. The van der Waals surface area contributed by atoms with Crippen LogP contribution in [0.2, 0.25) is 0 Å². The minimum atomic E-state index is -0.501. The summed E-state index contributed by atoms with van der Waals surface area (Å²) in [5, 5.41) is 1.03. The van der Waals surface area contributed by atoms with Crippen LogP contribution in [-0.2, 0) is 5.41 Å². The summed E-state index contributed by atoms with van der Waals surface area (Å²) < 4.78 is 6.64. The largest absolute Gasteiger partial charge is 0.461 e. The first kappa shape index (κ1) is 31.4. The van der Waals surface area contributed by atoms with Crippen LogP contribution in [-0.4, -0.2) is 9.97 Å². The van der Waals surface area contributed by atoms with E-state index in [1.807, 2.05) is 12.1 Å². The summed E-state index contributed by atoms with van der Waals surface area (Å²) in [4.78, 5) is 10.2. The van der Waals surface area contributed by atoms with Gasteiger partial charge in [-0.3, -0.25) is 0 Å². The normalized spacial score (nSPS) is 16.4. The molecule has 0 amide bonds. The molecule has 1 spiro atoms. The molecule has 1 aliphatic heterocycles. The fourth-order valence-electron chi connectivity index (χ4n) is 8.95. The number of hydrogen-bond acceptors (Lipinski definition) is 3. The molecule has 0 bridgehead atoms. The van der Waals surface area contributed by atoms with Crippen LogP contribution in [0.3, 0.4) is 0 Å². The highest BCUT2D eigenvalue weighted by Gasteiger charge is 2.52. The van der Waals surface area contributed by atoms with E-state index in [2.05, 4.69) is 176 Å². The molecule has 0 saturated heterocycles. The minimum Gasteiger partial charge on any atom is -0.461 e. The van der Waals surface area contributed by atoms with E-state index in [1.54, 1.807) is 0 Å². The van der Waals surface area contributed by atoms with Crippen molar-refractivity contribution in [1.29, 1.82) is 0 Å². The van der Waals surface area contributed by atoms with Crippen LogP contribution in [0.1, 0.15) is 23.1 Å². The molecule has 3 nitrogen and oxygen atoms in total. The van der Waals surface area contributed by atoms with Gasteiger partial charge in [0, 0.05) is 34.1 Å². The van der Waals surface area contributed by atoms with Gasteiger partial charge in [0.05, 0.1) is 16.6 Å². The predicted molar refractivity (Wildman–Crippen MR) is 224 cm³/mol. The van der Waals surface area contributed by atoms with Crippen LogP contribution < -0.4 is 4.74 Å². The second-order valence-electron chi connectivity index (χ2n) is 14.6. The van der Waals surface area contributed by atoms with Crippen molar-refractivity contribution in [2.45, 2.75) is 11.8 Å². The Balaban J connectivity index is 1.02. The van der Waals surface area contributed by atoms with Gasteiger partial charge in [0.2, 0.25) is 0 Å². The third kappa shape index (κ3) is 4.83. The van der Waals surface area contributed by atoms with Gasteiger partial charge >= 0.3 is 0 Å². The summed E-state index contributed by atoms with van der Waals surface area (Å²) in [6, 6.07) is 60.5. The zero-order chi connectivity index (χ0) is 36.5. The van der Waals surface area contributed by atoms with Gasteiger partial charge in [-0.25, -0.2) is 9.97 Å². The van der Waals surface area contributed by atoms with Crippen LogP contribution >= 0.6 is 0 Å². The Morgan fingerprint density at radius 2 is 1.11 bits per heavy atom. The molecule has 0 fully saturated rings. The van der Waals surface area contributed by atoms with Gasteiger partial charge in [-0.15, -0.1) is 0 Å². The van der Waals surface area contributed by atoms with E-state index in [4.69, 9.17) is 14.7 Å². The second-order valence-corrected chi connectivity index (χ2v) is 14.6. The summed E-state index contributed by atoms with van der Waals surface area (Å²) in [5.74, 6) is 2.60. The van der Waals surface area contributed by atoms with E-state index < -0.39 is 5.41 Å². The average Bonchev–Trinajstić information content (AvgIpc) is 3.53. The molecule has 3 heteroatoms. The Bertz CT molecular complexity index is 2920. The summed E-state index contributed by atoms with van der Waals surface area (Å²) in [6.45, 7) is 4.29. The fourth-order valence-corrected chi connectivity index (χ4v) is 8.95. The van der Waals surface area contributed by atoms with Gasteiger partial charge in [0.15, 0.2) is 5.82 Å². The molecule has 7 aromatic carbocycles. The fraction of sp³-hybridized carbons (Fsp3) is 0.0385. The number of nitrogens with zero attached hydrogens (tertiary/aromatic N) is 2. The van der Waals surface area contributed by atoms with Crippen LogP contribution in [0.4, 0.5) is 0 Å². The molecule has 2 aliphatic carbocycles. The van der Waals surface area contributed by atoms with Gasteiger partial charge in [-0.2, -0.15) is 0 Å². The van der Waals surface area contributed by atoms with Crippen molar-refractivity contribution in [3.05, 3.63) is 222 Å². The van der Waals surface area contributed by atoms with Gasteiger partial charge in [0.25, 0.3) is 0 Å². The number of rotatable bonds is 4. The lowest BCUT2D eigenvalue weighted by molar-refractivity contribution is 0.373. The summed E-state index contributed by atoms with van der Waals surface area (Å²) in [6.07, 6.45) is 5.09. The number of allylic oxidation sites excluding steroid dienone is 4. The monoisotopic (exact) mass is 702 g/mol. The molecule has 3 aliphatic rings. The van der Waals surface area contributed by atoms with Crippen molar-refractivity contribution in [1.82, 2.24) is 9.97 Å². The third-order valence-corrected chi connectivity index (χ3v) is 11.5. The Morgan fingerprint density at radius 1 is 0.491 bits per heavy atom. The lowest BCUT2D eigenvalue weighted by atomic mass is 9.64. The quantitative estimate of drug-likeness (QED) is 0.183. The maximum atomic E-state index is 6.64. The van der Waals surface area contributed by atoms with Crippen molar-refractivity contribution in [2.75, 3.05) is 0 Å². The van der Waals surface area contributed by atoms with Crippen LogP contribution in [0.25, 0.3) is 66.9 Å². The van der Waals surface area contributed by atoms with Gasteiger partial charge < -0.3 is 4.74 Å². The molecule has 8 aromatic rings. The first-order valence-corrected chi connectivity index (χ1v) is 18.8. The Morgan fingerprint density at radius 3 is 1.95 bits per heavy atom. The molecule has 0 N–H and O–H groups in total. The Hall–Kier alpha value is -7.10. The molecule has 0 radical (unpaired) electrons. The SMILES string of the molecule is C=C1C=CC2=C(C1)Oc1ccccc1C21c2ccccc2-c2ccc(-c3ccc(-c4nc(-c5ccc(-c6ccccc6)cc5)nc5ccccc45)cc3)cc21. The van der Waals surface area contributed by atoms with Crippen molar-refractivity contribution in [3.8, 4) is 61.8 Å². The lowest BCUT2D eigenvalue weighted by Gasteiger charge is -2.41. The number of para-hydroxylation sites is 2. The third-order valence-electron chi connectivity index (χ3n) is 11.5. The molecule has 1 aromatic heterocycles. The van der Waals surface area contributed by atoms with Crippen molar-refractivity contribution < 1.29 is 4.74 Å². The summed E-state index contributed by atoms with van der Waals surface area (Å²) in [5.41, 5.74) is 16.6. The summed E-state index contributed by atoms with van der Waals surface area (Å²) >= 11 is 0. The molecule has 0 saturated carbocycles. The first-order valence-electron chi connectivity index (χ1n) is 18.8. The number of hydrogen-bond donors (Lipinski definition) is 0. The smallest absolute Gasteiger partial charge is 0.160 e. The summed E-state index contributed by atoms with van der Waals surface area (Å²) in [7, 11) is 0. The average molecular weight is 703 g/mol. The van der Waals surface area contributed by atoms with Crippen LogP contribution in [0.15, 0.2) is 205 Å². The van der Waals surface area contributed by atoms with Crippen molar-refractivity contribution in [2.24, 2.45) is 0 Å². The number of benzene rings is 7. The number of fused-ring (bicyclic) bond motifs is 9. The number of ether oxygens (including phenoxy) is 1. The topological polar surface area (TPSA) is 35.0 Å². The molecule has 258 valence electrons. The van der Waals surface area contributed by atoms with E-state index in [0.29, 0.717) is 12.2 Å². The maximum Gasteiger partial charge on any atom is 0.160 e. The zero-order valence-corrected chi connectivity index (χ0v) is 30.0. The van der Waals surface area contributed by atoms with Gasteiger partial charge in [0.1, 0.15) is 11.5 Å². The highest BCUT2D eigenvalue weighted by atomic mass is 16.5. The molecule has 11 rings (SSSR count). The molecule has 1 unspecified atom stereocenters. The standard InChI is InChI=1S/C52H34N2O/c1-33-19-30-45-49(31-33)55-48-18-10-8-16-44(48)52(45)43-15-7-5-13-40(43)41-29-28-39(32-46(41)52)36-20-24-37(25-21-36)50-42-14-6-9-17-47(42)53-51(54-50)38-26-22-35(23-27-38)34-11-3-2-4-12-34/h2-30,32H,1,31H2. The maximum absolute atomic E-state index is 6.64. The van der Waals surface area contributed by atoms with Gasteiger partial charge in [-0.1, -0.05) is 170 Å². The first-order chi connectivity index (χ1) is 27.1. The van der Waals surface area contributed by atoms with E-state index in [-0.39, 0.29) is 0 Å². The lowest BCUT2D eigenvalue weighted by Crippen LogP contribution is -2.35. The van der Waals surface area contributed by atoms with Crippen LogP contribution in [0.5, 0.6) is 5.75 Å². The van der Waals surface area contributed by atoms with E-state index in [9.17, 15) is 0 Å². The second kappa shape index (κ2) is 12.2. The van der Waals surface area contributed by atoms with Gasteiger partial charge in [-0.05, 0) is 68.3 Å². The molecule has 55 heavy (non-hydrogen) atoms. The molecule has 1 atom stereocenters. The van der Waals surface area contributed by atoms with Crippen LogP contribution in [0, 0.1) is 0 Å². The molecule has 2 heterocycles. The highest BCUT2D eigenvalue weighted by Crippen LogP contribution is 2.62. The molecular formula is C52H34N2O. The van der Waals surface area contributed by atoms with E-state index >= 15 is 0 Å². The zero-order valence-electron chi connectivity index (χ0n) is 30.0. The van der Waals surface area contributed by atoms with E-state index in [0.717, 1.165) is 50.4 Å². The molecular weight excluding hydrogens is 669 g/mol.